The van der Waals surface area contributed by atoms with Crippen molar-refractivity contribution in [3.8, 4) is 11.5 Å². The number of hydrogen-bond acceptors (Lipinski definition) is 5. The minimum absolute atomic E-state index is 0.0141. The summed E-state index contributed by atoms with van der Waals surface area (Å²) in [6, 6.07) is 13.1. The molecule has 0 unspecified atom stereocenters. The lowest BCUT2D eigenvalue weighted by atomic mass is 9.85. The lowest BCUT2D eigenvalue weighted by molar-refractivity contribution is -0.116. The van der Waals surface area contributed by atoms with E-state index in [4.69, 9.17) is 9.47 Å². The number of benzene rings is 2. The molecule has 2 aliphatic rings. The number of rotatable bonds is 6. The van der Waals surface area contributed by atoms with Gasteiger partial charge in [-0.05, 0) is 35.7 Å². The quantitative estimate of drug-likeness (QED) is 0.752. The number of anilines is 1. The van der Waals surface area contributed by atoms with Crippen LogP contribution in [0.4, 0.5) is 5.69 Å². The molecule has 2 N–H and O–H groups in total. The molecular formula is C22H26N2O4. The summed E-state index contributed by atoms with van der Waals surface area (Å²) in [6.45, 7) is 5.37. The third-order valence-corrected chi connectivity index (χ3v) is 5.35. The van der Waals surface area contributed by atoms with Crippen molar-refractivity contribution in [2.75, 3.05) is 44.8 Å². The largest absolute Gasteiger partial charge is 0.508 e. The highest BCUT2D eigenvalue weighted by Crippen LogP contribution is 2.38. The van der Waals surface area contributed by atoms with Crippen LogP contribution in [0.5, 0.6) is 11.5 Å². The Balaban J connectivity index is 1.35. The van der Waals surface area contributed by atoms with E-state index in [0.717, 1.165) is 56.1 Å². The number of nitrogens with one attached hydrogen (secondary N) is 1. The molecule has 1 fully saturated rings. The summed E-state index contributed by atoms with van der Waals surface area (Å²) < 4.78 is 11.2. The molecule has 6 heteroatoms. The third-order valence-electron chi connectivity index (χ3n) is 5.35. The van der Waals surface area contributed by atoms with E-state index in [2.05, 4.69) is 10.2 Å². The molecule has 0 aliphatic carbocycles. The first-order valence-corrected chi connectivity index (χ1v) is 9.85. The van der Waals surface area contributed by atoms with Crippen molar-refractivity contribution in [3.63, 3.8) is 0 Å². The molecule has 1 amide bonds. The Morgan fingerprint density at radius 3 is 2.71 bits per heavy atom. The number of morpholine rings is 1. The normalized spacial score (nSPS) is 19.7. The van der Waals surface area contributed by atoms with Crippen LogP contribution in [-0.2, 0) is 9.53 Å². The van der Waals surface area contributed by atoms with Crippen LogP contribution in [0.2, 0.25) is 0 Å². The van der Waals surface area contributed by atoms with Crippen molar-refractivity contribution in [3.05, 3.63) is 53.6 Å². The molecule has 2 heterocycles. The van der Waals surface area contributed by atoms with Crippen molar-refractivity contribution in [2.45, 2.75) is 18.8 Å². The van der Waals surface area contributed by atoms with E-state index >= 15 is 0 Å². The fourth-order valence-electron chi connectivity index (χ4n) is 3.85. The maximum Gasteiger partial charge on any atom is 0.225 e. The van der Waals surface area contributed by atoms with Crippen molar-refractivity contribution in [1.29, 1.82) is 0 Å². The molecular weight excluding hydrogens is 356 g/mol. The molecule has 6 nitrogen and oxygen atoms in total. The standard InChI is InChI=1S/C22H26N2O4/c25-17-4-7-19-20(15-22(26)23-21(19)14-17)16-2-5-18(6-3-16)28-11-1-8-24-9-12-27-13-10-24/h2-7,14,20,25H,1,8-13,15H2,(H,23,26)/t20-/m1/s1. The monoisotopic (exact) mass is 382 g/mol. The first-order valence-electron chi connectivity index (χ1n) is 9.85. The summed E-state index contributed by atoms with van der Waals surface area (Å²) in [6.07, 6.45) is 1.39. The second kappa shape index (κ2) is 8.63. The van der Waals surface area contributed by atoms with Gasteiger partial charge in [0.1, 0.15) is 11.5 Å². The Hall–Kier alpha value is -2.57. The van der Waals surface area contributed by atoms with E-state index in [1.807, 2.05) is 30.3 Å². The second-order valence-electron chi connectivity index (χ2n) is 7.30. The number of phenols is 1. The van der Waals surface area contributed by atoms with Crippen LogP contribution in [0.15, 0.2) is 42.5 Å². The number of phenolic OH excluding ortho intramolecular Hbond substituents is 1. The zero-order chi connectivity index (χ0) is 19.3. The Morgan fingerprint density at radius 2 is 1.93 bits per heavy atom. The molecule has 4 rings (SSSR count). The number of aromatic hydroxyl groups is 1. The first-order chi connectivity index (χ1) is 13.7. The lowest BCUT2D eigenvalue weighted by Gasteiger charge is -2.26. The van der Waals surface area contributed by atoms with Gasteiger partial charge in [-0.25, -0.2) is 0 Å². The van der Waals surface area contributed by atoms with Crippen LogP contribution in [-0.4, -0.2) is 55.4 Å². The van der Waals surface area contributed by atoms with E-state index in [1.54, 1.807) is 12.1 Å². The van der Waals surface area contributed by atoms with Gasteiger partial charge in [0.2, 0.25) is 5.91 Å². The highest BCUT2D eigenvalue weighted by molar-refractivity contribution is 5.95. The SMILES string of the molecule is O=C1C[C@H](c2ccc(OCCCN3CCOCC3)cc2)c2ccc(O)cc2N1. The molecule has 0 saturated carbocycles. The number of amides is 1. The van der Waals surface area contributed by atoms with Gasteiger partial charge in [0.25, 0.3) is 0 Å². The molecule has 1 atom stereocenters. The fourth-order valence-corrected chi connectivity index (χ4v) is 3.85. The van der Waals surface area contributed by atoms with Crippen LogP contribution >= 0.6 is 0 Å². The molecule has 0 aromatic heterocycles. The average molecular weight is 382 g/mol. The van der Waals surface area contributed by atoms with Crippen molar-refractivity contribution in [1.82, 2.24) is 4.90 Å². The van der Waals surface area contributed by atoms with Gasteiger partial charge in [0, 0.05) is 43.7 Å². The summed E-state index contributed by atoms with van der Waals surface area (Å²) in [5, 5.41) is 12.5. The van der Waals surface area contributed by atoms with E-state index in [-0.39, 0.29) is 17.6 Å². The summed E-state index contributed by atoms with van der Waals surface area (Å²) >= 11 is 0. The van der Waals surface area contributed by atoms with Crippen LogP contribution in [0, 0.1) is 0 Å². The van der Waals surface area contributed by atoms with Crippen molar-refractivity contribution >= 4 is 11.6 Å². The Labute approximate surface area is 165 Å². The molecule has 0 bridgehead atoms. The van der Waals surface area contributed by atoms with Gasteiger partial charge in [0.15, 0.2) is 0 Å². The second-order valence-corrected chi connectivity index (χ2v) is 7.30. The molecule has 0 spiro atoms. The maximum atomic E-state index is 12.1. The molecule has 2 aliphatic heterocycles. The topological polar surface area (TPSA) is 71.0 Å². The summed E-state index contributed by atoms with van der Waals surface area (Å²) in [4.78, 5) is 14.5. The van der Waals surface area contributed by atoms with Gasteiger partial charge < -0.3 is 19.9 Å². The smallest absolute Gasteiger partial charge is 0.225 e. The predicted octanol–water partition coefficient (Wildman–Crippen LogP) is 2.97. The number of ether oxygens (including phenoxy) is 2. The highest BCUT2D eigenvalue weighted by atomic mass is 16.5. The van der Waals surface area contributed by atoms with Gasteiger partial charge in [-0.1, -0.05) is 18.2 Å². The Kier molecular flexibility index (Phi) is 5.78. The van der Waals surface area contributed by atoms with Gasteiger partial charge in [0.05, 0.1) is 19.8 Å². The Bertz CT molecular complexity index is 816. The zero-order valence-corrected chi connectivity index (χ0v) is 15.9. The minimum Gasteiger partial charge on any atom is -0.508 e. The van der Waals surface area contributed by atoms with Crippen LogP contribution < -0.4 is 10.1 Å². The van der Waals surface area contributed by atoms with Crippen LogP contribution in [0.1, 0.15) is 29.9 Å². The van der Waals surface area contributed by atoms with Gasteiger partial charge in [-0.2, -0.15) is 0 Å². The molecule has 2 aromatic rings. The zero-order valence-electron chi connectivity index (χ0n) is 15.9. The predicted molar refractivity (Wildman–Crippen MR) is 107 cm³/mol. The number of fused-ring (bicyclic) bond motifs is 1. The highest BCUT2D eigenvalue weighted by Gasteiger charge is 2.26. The van der Waals surface area contributed by atoms with E-state index in [1.165, 1.54) is 0 Å². The summed E-state index contributed by atoms with van der Waals surface area (Å²) in [7, 11) is 0. The van der Waals surface area contributed by atoms with Gasteiger partial charge >= 0.3 is 0 Å². The molecule has 28 heavy (non-hydrogen) atoms. The number of hydrogen-bond donors (Lipinski definition) is 2. The molecule has 148 valence electrons. The van der Waals surface area contributed by atoms with Crippen molar-refractivity contribution < 1.29 is 19.4 Å². The number of nitrogens with zero attached hydrogens (tertiary/aromatic N) is 1. The van der Waals surface area contributed by atoms with E-state index in [9.17, 15) is 9.90 Å². The van der Waals surface area contributed by atoms with Crippen molar-refractivity contribution in [2.24, 2.45) is 0 Å². The average Bonchev–Trinajstić information content (AvgIpc) is 2.71. The third kappa shape index (κ3) is 4.46. The maximum absolute atomic E-state index is 12.1. The molecule has 2 aromatic carbocycles. The Morgan fingerprint density at radius 1 is 1.14 bits per heavy atom. The number of carbonyl (C=O) groups is 1. The lowest BCUT2D eigenvalue weighted by Crippen LogP contribution is -2.37. The van der Waals surface area contributed by atoms with E-state index < -0.39 is 0 Å². The minimum atomic E-state index is -0.0356. The van der Waals surface area contributed by atoms with Crippen LogP contribution in [0.3, 0.4) is 0 Å². The molecule has 0 radical (unpaired) electrons. The summed E-state index contributed by atoms with van der Waals surface area (Å²) in [5.41, 5.74) is 2.78. The summed E-state index contributed by atoms with van der Waals surface area (Å²) in [5.74, 6) is 0.948. The van der Waals surface area contributed by atoms with Gasteiger partial charge in [-0.15, -0.1) is 0 Å². The first kappa shape index (κ1) is 18.8. The van der Waals surface area contributed by atoms with E-state index in [0.29, 0.717) is 18.7 Å². The molecule has 1 saturated heterocycles. The number of carbonyl (C=O) groups excluding carboxylic acids is 1. The van der Waals surface area contributed by atoms with Crippen LogP contribution in [0.25, 0.3) is 0 Å². The van der Waals surface area contributed by atoms with Gasteiger partial charge in [-0.3, -0.25) is 9.69 Å². The fraction of sp³-hybridized carbons (Fsp3) is 0.409.